The third-order valence-corrected chi connectivity index (χ3v) is 1.48. The Hall–Kier alpha value is -2.05. The normalized spacial score (nSPS) is 9.73. The second-order valence-corrected chi connectivity index (χ2v) is 2.94. The second-order valence-electron chi connectivity index (χ2n) is 2.94. The number of nitrogens with zero attached hydrogens (tertiary/aromatic N) is 2. The van der Waals surface area contributed by atoms with Gasteiger partial charge in [-0.25, -0.2) is 9.59 Å². The van der Waals surface area contributed by atoms with Crippen LogP contribution in [-0.4, -0.2) is 41.3 Å². The minimum atomic E-state index is -1.22. The quantitative estimate of drug-likeness (QED) is 0.790. The number of carboxylic acids is 1. The summed E-state index contributed by atoms with van der Waals surface area (Å²) in [5.74, 6) is -1.50. The van der Waals surface area contributed by atoms with Gasteiger partial charge in [-0.05, 0) is 0 Å². The average Bonchev–Trinajstić information content (AvgIpc) is 2.62. The summed E-state index contributed by atoms with van der Waals surface area (Å²) in [7, 11) is 3.07. The number of aromatic nitrogens is 1. The number of carbonyl (C=O) groups is 2. The first-order chi connectivity index (χ1) is 7.00. The summed E-state index contributed by atoms with van der Waals surface area (Å²) in [5, 5.41) is 11.9. The summed E-state index contributed by atoms with van der Waals surface area (Å²) in [6.07, 6.45) is -0.533. The van der Waals surface area contributed by atoms with Gasteiger partial charge in [0.2, 0.25) is 5.76 Å². The molecule has 0 saturated carbocycles. The Morgan fingerprint density at radius 1 is 1.60 bits per heavy atom. The smallest absolute Gasteiger partial charge is 0.409 e. The minimum absolute atomic E-state index is 0.117. The third kappa shape index (κ3) is 2.97. The van der Waals surface area contributed by atoms with E-state index < -0.39 is 12.1 Å². The molecule has 1 aromatic heterocycles. The van der Waals surface area contributed by atoms with E-state index in [9.17, 15) is 9.59 Å². The summed E-state index contributed by atoms with van der Waals surface area (Å²) < 4.78 is 9.22. The maximum atomic E-state index is 11.0. The summed E-state index contributed by atoms with van der Waals surface area (Å²) in [4.78, 5) is 22.6. The van der Waals surface area contributed by atoms with Crippen LogP contribution in [0.25, 0.3) is 0 Å². The average molecular weight is 214 g/mol. The Labute approximate surface area is 85.2 Å². The largest absolute Gasteiger partial charge is 0.475 e. The molecule has 0 unspecified atom stereocenters. The van der Waals surface area contributed by atoms with Crippen LogP contribution in [0.2, 0.25) is 0 Å². The van der Waals surface area contributed by atoms with E-state index >= 15 is 0 Å². The topological polar surface area (TPSA) is 92.9 Å². The standard InChI is InChI=1S/C8H10N2O5/c1-10(2)8(13)14-4-5-3-6(7(11)12)15-9-5/h3H,4H2,1-2H3,(H,11,12). The number of aromatic carboxylic acids is 1. The van der Waals surface area contributed by atoms with Gasteiger partial charge in [-0.3, -0.25) is 0 Å². The molecule has 1 aromatic rings. The van der Waals surface area contributed by atoms with Gasteiger partial charge in [0.05, 0.1) is 0 Å². The molecule has 0 saturated heterocycles. The molecule has 0 aromatic carbocycles. The van der Waals surface area contributed by atoms with Gasteiger partial charge in [-0.1, -0.05) is 5.16 Å². The van der Waals surface area contributed by atoms with Crippen LogP contribution in [0.1, 0.15) is 16.2 Å². The monoisotopic (exact) mass is 214 g/mol. The highest BCUT2D eigenvalue weighted by Gasteiger charge is 2.12. The fourth-order valence-electron chi connectivity index (χ4n) is 0.745. The maximum absolute atomic E-state index is 11.0. The van der Waals surface area contributed by atoms with Crippen molar-refractivity contribution in [2.45, 2.75) is 6.61 Å². The molecule has 1 heterocycles. The number of ether oxygens (including phenoxy) is 1. The number of carboxylic acid groups (broad SMARTS) is 1. The Morgan fingerprint density at radius 2 is 2.27 bits per heavy atom. The molecular formula is C8H10N2O5. The Bertz CT molecular complexity index is 371. The van der Waals surface area contributed by atoms with Crippen molar-refractivity contribution in [2.24, 2.45) is 0 Å². The van der Waals surface area contributed by atoms with Crippen LogP contribution < -0.4 is 0 Å². The zero-order valence-electron chi connectivity index (χ0n) is 8.26. The second kappa shape index (κ2) is 4.45. The molecule has 82 valence electrons. The highest BCUT2D eigenvalue weighted by atomic mass is 16.6. The lowest BCUT2D eigenvalue weighted by Gasteiger charge is -2.09. The van der Waals surface area contributed by atoms with E-state index in [1.54, 1.807) is 0 Å². The summed E-state index contributed by atoms with van der Waals surface area (Å²) in [6.45, 7) is -0.117. The van der Waals surface area contributed by atoms with Gasteiger partial charge in [0, 0.05) is 20.2 Å². The van der Waals surface area contributed by atoms with Crippen molar-refractivity contribution >= 4 is 12.1 Å². The molecule has 0 aliphatic carbocycles. The maximum Gasteiger partial charge on any atom is 0.409 e. The Kier molecular flexibility index (Phi) is 3.27. The molecule has 0 radical (unpaired) electrons. The lowest BCUT2D eigenvalue weighted by Crippen LogP contribution is -2.22. The first-order valence-electron chi connectivity index (χ1n) is 4.03. The molecule has 1 N–H and O–H groups in total. The van der Waals surface area contributed by atoms with Crippen molar-refractivity contribution in [3.8, 4) is 0 Å². The first-order valence-corrected chi connectivity index (χ1v) is 4.03. The number of carbonyl (C=O) groups excluding carboxylic acids is 1. The van der Waals surface area contributed by atoms with Crippen molar-refractivity contribution in [3.05, 3.63) is 17.5 Å². The van der Waals surface area contributed by atoms with Gasteiger partial charge in [0.15, 0.2) is 0 Å². The summed E-state index contributed by atoms with van der Waals surface area (Å²) >= 11 is 0. The summed E-state index contributed by atoms with van der Waals surface area (Å²) in [6, 6.07) is 1.20. The van der Waals surface area contributed by atoms with Gasteiger partial charge >= 0.3 is 12.1 Å². The van der Waals surface area contributed by atoms with Crippen molar-refractivity contribution in [2.75, 3.05) is 14.1 Å². The van der Waals surface area contributed by atoms with Crippen molar-refractivity contribution in [3.63, 3.8) is 0 Å². The predicted molar refractivity (Wildman–Crippen MR) is 47.3 cm³/mol. The molecule has 0 aliphatic heterocycles. The molecule has 0 fully saturated rings. The van der Waals surface area contributed by atoms with Gasteiger partial charge in [0.25, 0.3) is 0 Å². The van der Waals surface area contributed by atoms with Crippen LogP contribution in [0.5, 0.6) is 0 Å². The van der Waals surface area contributed by atoms with Gasteiger partial charge < -0.3 is 19.3 Å². The van der Waals surface area contributed by atoms with Gasteiger partial charge in [-0.15, -0.1) is 0 Å². The van der Waals surface area contributed by atoms with E-state index in [1.165, 1.54) is 25.1 Å². The van der Waals surface area contributed by atoms with E-state index in [0.29, 0.717) is 0 Å². The van der Waals surface area contributed by atoms with Crippen molar-refractivity contribution < 1.29 is 24.0 Å². The third-order valence-electron chi connectivity index (χ3n) is 1.48. The lowest BCUT2D eigenvalue weighted by atomic mass is 10.4. The number of hydrogen-bond donors (Lipinski definition) is 1. The molecule has 1 rings (SSSR count). The predicted octanol–water partition coefficient (Wildman–Crippen LogP) is 0.571. The van der Waals surface area contributed by atoms with Gasteiger partial charge in [-0.2, -0.15) is 0 Å². The highest BCUT2D eigenvalue weighted by molar-refractivity contribution is 5.84. The molecule has 0 bridgehead atoms. The van der Waals surface area contributed by atoms with E-state index in [1.807, 2.05) is 0 Å². The zero-order valence-corrected chi connectivity index (χ0v) is 8.26. The SMILES string of the molecule is CN(C)C(=O)OCc1cc(C(=O)O)on1. The van der Waals surface area contributed by atoms with E-state index in [4.69, 9.17) is 9.84 Å². The zero-order chi connectivity index (χ0) is 11.4. The molecule has 0 atom stereocenters. The fraction of sp³-hybridized carbons (Fsp3) is 0.375. The molecule has 15 heavy (non-hydrogen) atoms. The number of hydrogen-bond acceptors (Lipinski definition) is 5. The molecule has 7 heteroatoms. The van der Waals surface area contributed by atoms with Crippen LogP contribution in [0.15, 0.2) is 10.6 Å². The van der Waals surface area contributed by atoms with E-state index in [-0.39, 0.29) is 18.1 Å². The molecular weight excluding hydrogens is 204 g/mol. The Morgan fingerprint density at radius 3 is 2.73 bits per heavy atom. The number of rotatable bonds is 3. The van der Waals surface area contributed by atoms with Crippen LogP contribution in [0.3, 0.4) is 0 Å². The first kappa shape index (κ1) is 11.0. The van der Waals surface area contributed by atoms with E-state index in [2.05, 4.69) is 9.68 Å². The van der Waals surface area contributed by atoms with Crippen molar-refractivity contribution in [1.82, 2.24) is 10.1 Å². The summed E-state index contributed by atoms with van der Waals surface area (Å²) in [5.41, 5.74) is 0.252. The fourth-order valence-corrected chi connectivity index (χ4v) is 0.745. The highest BCUT2D eigenvalue weighted by Crippen LogP contribution is 2.05. The number of amides is 1. The lowest BCUT2D eigenvalue weighted by molar-refractivity contribution is 0.0651. The van der Waals surface area contributed by atoms with E-state index in [0.717, 1.165) is 0 Å². The van der Waals surface area contributed by atoms with Crippen LogP contribution >= 0.6 is 0 Å². The molecule has 1 amide bonds. The minimum Gasteiger partial charge on any atom is -0.475 e. The molecule has 7 nitrogen and oxygen atoms in total. The molecule has 0 aliphatic rings. The van der Waals surface area contributed by atoms with Crippen LogP contribution in [0.4, 0.5) is 4.79 Å². The van der Waals surface area contributed by atoms with Crippen molar-refractivity contribution in [1.29, 1.82) is 0 Å². The van der Waals surface area contributed by atoms with Gasteiger partial charge in [0.1, 0.15) is 12.3 Å². The van der Waals surface area contributed by atoms with Crippen LogP contribution in [0, 0.1) is 0 Å². The molecule has 0 spiro atoms. The Balaban J connectivity index is 2.51. The van der Waals surface area contributed by atoms with Crippen LogP contribution in [-0.2, 0) is 11.3 Å².